The normalized spacial score (nSPS) is 14.3. The van der Waals surface area contributed by atoms with Gasteiger partial charge in [-0.25, -0.2) is 0 Å². The molecule has 1 saturated heterocycles. The minimum atomic E-state index is -4.49. The molecule has 4 rings (SSSR count). The number of H-pyrrole nitrogens is 1. The van der Waals surface area contributed by atoms with Crippen LogP contribution in [0, 0.1) is 11.7 Å². The molecule has 0 unspecified atom stereocenters. The summed E-state index contributed by atoms with van der Waals surface area (Å²) >= 11 is 5.33. The quantitative estimate of drug-likeness (QED) is 0.420. The van der Waals surface area contributed by atoms with Crippen LogP contribution >= 0.6 is 12.2 Å². The summed E-state index contributed by atoms with van der Waals surface area (Å²) in [6.07, 6.45) is -1.44. The first-order chi connectivity index (χ1) is 16.2. The molecule has 1 aliphatic heterocycles. The van der Waals surface area contributed by atoms with Gasteiger partial charge < -0.3 is 10.2 Å². The molecule has 34 heavy (non-hydrogen) atoms. The van der Waals surface area contributed by atoms with Crippen molar-refractivity contribution in [1.82, 2.24) is 14.8 Å². The highest BCUT2D eigenvalue weighted by atomic mass is 32.1. The molecule has 2 aromatic carbocycles. The van der Waals surface area contributed by atoms with Crippen molar-refractivity contribution >= 4 is 29.5 Å². The summed E-state index contributed by atoms with van der Waals surface area (Å²) in [6.45, 7) is 3.72. The summed E-state index contributed by atoms with van der Waals surface area (Å²) in [6, 6.07) is 11.3. The number of aryl methyl sites for hydroxylation is 1. The molecule has 3 aromatic rings. The highest BCUT2D eigenvalue weighted by Gasteiger charge is 2.32. The molecular formula is C24H26F3N5OS. The Hall–Kier alpha value is -3.14. The Morgan fingerprint density at radius 1 is 1.12 bits per heavy atom. The van der Waals surface area contributed by atoms with E-state index in [1.807, 2.05) is 36.1 Å². The lowest BCUT2D eigenvalue weighted by Gasteiger charge is -2.31. The lowest BCUT2D eigenvalue weighted by atomic mass is 10.1. The number of aromatic nitrogens is 3. The number of carbonyl (C=O) groups is 1. The first kappa shape index (κ1) is 24.0. The monoisotopic (exact) mass is 489 g/mol. The number of aromatic amines is 1. The zero-order chi connectivity index (χ0) is 24.3. The number of nitrogens with zero attached hydrogens (tertiary/aromatic N) is 3. The third-order valence-electron chi connectivity index (χ3n) is 5.93. The van der Waals surface area contributed by atoms with Gasteiger partial charge in [0.15, 0.2) is 10.6 Å². The van der Waals surface area contributed by atoms with Crippen molar-refractivity contribution in [3.63, 3.8) is 0 Å². The van der Waals surface area contributed by atoms with E-state index in [0.29, 0.717) is 16.3 Å². The number of alkyl halides is 3. The Balaban J connectivity index is 1.53. The van der Waals surface area contributed by atoms with E-state index >= 15 is 0 Å². The lowest BCUT2D eigenvalue weighted by Crippen LogP contribution is -2.30. The number of halogens is 3. The predicted octanol–water partition coefficient (Wildman–Crippen LogP) is 5.95. The number of amides is 1. The molecule has 180 valence electrons. The Bertz CT molecular complexity index is 1210. The summed E-state index contributed by atoms with van der Waals surface area (Å²) in [5.74, 6) is 0.210. The Morgan fingerprint density at radius 2 is 1.82 bits per heavy atom. The molecule has 0 bridgehead atoms. The van der Waals surface area contributed by atoms with Crippen molar-refractivity contribution in [2.24, 2.45) is 0 Å². The third kappa shape index (κ3) is 5.49. The standard InChI is InChI=1S/C24H26F3N5OS/c1-16-5-7-17(8-6-16)22-29-30-23(34)32(22)14-11-21(33)28-19-15-18(24(25,26)27)9-10-20(19)31-12-3-2-4-13-31/h5-10,15H,2-4,11-14H2,1H3,(H,28,33)(H,30,34). The van der Waals surface area contributed by atoms with Crippen LogP contribution in [-0.2, 0) is 17.5 Å². The van der Waals surface area contributed by atoms with Gasteiger partial charge in [0.25, 0.3) is 0 Å². The number of rotatable bonds is 6. The summed E-state index contributed by atoms with van der Waals surface area (Å²) in [5, 5.41) is 9.74. The lowest BCUT2D eigenvalue weighted by molar-refractivity contribution is -0.137. The van der Waals surface area contributed by atoms with Crippen molar-refractivity contribution in [1.29, 1.82) is 0 Å². The molecule has 2 N–H and O–H groups in total. The van der Waals surface area contributed by atoms with Gasteiger partial charge in [0, 0.05) is 31.6 Å². The fourth-order valence-electron chi connectivity index (χ4n) is 4.10. The molecule has 1 aliphatic rings. The van der Waals surface area contributed by atoms with Crippen LogP contribution in [0.1, 0.15) is 36.8 Å². The van der Waals surface area contributed by atoms with Crippen molar-refractivity contribution in [2.75, 3.05) is 23.3 Å². The second-order valence-electron chi connectivity index (χ2n) is 8.45. The van der Waals surface area contributed by atoms with E-state index in [2.05, 4.69) is 15.5 Å². The average molecular weight is 490 g/mol. The molecule has 1 aromatic heterocycles. The largest absolute Gasteiger partial charge is 0.416 e. The van der Waals surface area contributed by atoms with E-state index in [0.717, 1.165) is 55.6 Å². The number of anilines is 2. The molecule has 0 saturated carbocycles. The zero-order valence-electron chi connectivity index (χ0n) is 18.8. The minimum absolute atomic E-state index is 0.0301. The fraction of sp³-hybridized carbons (Fsp3) is 0.375. The van der Waals surface area contributed by atoms with Gasteiger partial charge in [-0.2, -0.15) is 18.3 Å². The smallest absolute Gasteiger partial charge is 0.370 e. The van der Waals surface area contributed by atoms with Gasteiger partial charge in [-0.1, -0.05) is 29.8 Å². The SMILES string of the molecule is Cc1ccc(-c2n[nH]c(=S)n2CCC(=O)Nc2cc(C(F)(F)F)ccc2N2CCCCC2)cc1. The molecular weight excluding hydrogens is 463 g/mol. The van der Waals surface area contributed by atoms with Crippen molar-refractivity contribution < 1.29 is 18.0 Å². The first-order valence-corrected chi connectivity index (χ1v) is 11.6. The maximum atomic E-state index is 13.3. The molecule has 2 heterocycles. The van der Waals surface area contributed by atoms with E-state index in [4.69, 9.17) is 12.2 Å². The fourth-order valence-corrected chi connectivity index (χ4v) is 4.32. The molecule has 1 fully saturated rings. The Morgan fingerprint density at radius 3 is 2.50 bits per heavy atom. The van der Waals surface area contributed by atoms with Gasteiger partial charge in [0.05, 0.1) is 16.9 Å². The minimum Gasteiger partial charge on any atom is -0.370 e. The molecule has 0 spiro atoms. The van der Waals surface area contributed by atoms with Crippen LogP contribution < -0.4 is 10.2 Å². The second-order valence-corrected chi connectivity index (χ2v) is 8.83. The molecule has 0 aliphatic carbocycles. The van der Waals surface area contributed by atoms with E-state index in [1.165, 1.54) is 6.07 Å². The van der Waals surface area contributed by atoms with Crippen LogP contribution in [0.5, 0.6) is 0 Å². The van der Waals surface area contributed by atoms with E-state index in [9.17, 15) is 18.0 Å². The van der Waals surface area contributed by atoms with Gasteiger partial charge in [0.1, 0.15) is 0 Å². The van der Waals surface area contributed by atoms with Gasteiger partial charge in [-0.15, -0.1) is 0 Å². The van der Waals surface area contributed by atoms with Gasteiger partial charge in [-0.05, 0) is 56.6 Å². The van der Waals surface area contributed by atoms with E-state index in [1.54, 1.807) is 4.57 Å². The van der Waals surface area contributed by atoms with Gasteiger partial charge >= 0.3 is 6.18 Å². The maximum Gasteiger partial charge on any atom is 0.416 e. The van der Waals surface area contributed by atoms with Gasteiger partial charge in [0.2, 0.25) is 5.91 Å². The number of benzene rings is 2. The van der Waals surface area contributed by atoms with Crippen LogP contribution in [-0.4, -0.2) is 33.8 Å². The first-order valence-electron chi connectivity index (χ1n) is 11.2. The average Bonchev–Trinajstić information content (AvgIpc) is 3.18. The number of nitrogens with one attached hydrogen (secondary N) is 2. The topological polar surface area (TPSA) is 66.0 Å². The van der Waals surface area contributed by atoms with Crippen LogP contribution in [0.25, 0.3) is 11.4 Å². The van der Waals surface area contributed by atoms with Crippen LogP contribution in [0.3, 0.4) is 0 Å². The highest BCUT2D eigenvalue weighted by molar-refractivity contribution is 7.71. The van der Waals surface area contributed by atoms with Crippen LogP contribution in [0.4, 0.5) is 24.5 Å². The van der Waals surface area contributed by atoms with Crippen molar-refractivity contribution in [2.45, 2.75) is 45.3 Å². The summed E-state index contributed by atoms with van der Waals surface area (Å²) in [5.41, 5.74) is 1.96. The third-order valence-corrected chi connectivity index (χ3v) is 6.24. The Kier molecular flexibility index (Phi) is 7.06. The summed E-state index contributed by atoms with van der Waals surface area (Å²) in [4.78, 5) is 14.8. The van der Waals surface area contributed by atoms with Crippen LogP contribution in [0.15, 0.2) is 42.5 Å². The maximum absolute atomic E-state index is 13.3. The Labute approximate surface area is 200 Å². The number of hydrogen-bond donors (Lipinski definition) is 2. The van der Waals surface area contributed by atoms with Crippen molar-refractivity contribution in [3.05, 3.63) is 58.4 Å². The second kappa shape index (κ2) is 10.0. The highest BCUT2D eigenvalue weighted by Crippen LogP contribution is 2.36. The number of carbonyl (C=O) groups excluding carboxylic acids is 1. The predicted molar refractivity (Wildman–Crippen MR) is 128 cm³/mol. The molecule has 6 nitrogen and oxygen atoms in total. The molecule has 0 radical (unpaired) electrons. The van der Waals surface area contributed by atoms with E-state index in [-0.39, 0.29) is 18.7 Å². The summed E-state index contributed by atoms with van der Waals surface area (Å²) in [7, 11) is 0. The number of piperidine rings is 1. The van der Waals surface area contributed by atoms with Gasteiger partial charge in [-0.3, -0.25) is 14.5 Å². The van der Waals surface area contributed by atoms with E-state index < -0.39 is 17.6 Å². The molecule has 0 atom stereocenters. The zero-order valence-corrected chi connectivity index (χ0v) is 19.6. The van der Waals surface area contributed by atoms with Crippen molar-refractivity contribution in [3.8, 4) is 11.4 Å². The molecule has 1 amide bonds. The number of hydrogen-bond acceptors (Lipinski definition) is 4. The van der Waals surface area contributed by atoms with Crippen LogP contribution in [0.2, 0.25) is 0 Å². The summed E-state index contributed by atoms with van der Waals surface area (Å²) < 4.78 is 42.1. The molecule has 10 heteroatoms.